The molecule has 1 atom stereocenters. The molecule has 1 N–H and O–H groups in total. The Bertz CT molecular complexity index is 1110. The number of hydrogen-bond acceptors (Lipinski definition) is 4. The zero-order chi connectivity index (χ0) is 22.0. The maximum Gasteiger partial charge on any atom is 0.339 e. The minimum Gasteiger partial charge on any atom is -0.465 e. The van der Waals surface area contributed by atoms with Crippen molar-refractivity contribution in [3.63, 3.8) is 0 Å². The zero-order valence-electron chi connectivity index (χ0n) is 18.0. The Hall–Kier alpha value is -3.12. The van der Waals surface area contributed by atoms with Crippen LogP contribution in [0.4, 0.5) is 10.5 Å². The van der Waals surface area contributed by atoms with Crippen molar-refractivity contribution in [2.45, 2.75) is 32.7 Å². The molecule has 0 aliphatic carbocycles. The number of aryl methyl sites for hydroxylation is 1. The van der Waals surface area contributed by atoms with Crippen LogP contribution >= 0.6 is 11.3 Å². The molecule has 0 radical (unpaired) electrons. The second-order valence-corrected chi connectivity index (χ2v) is 8.81. The minimum absolute atomic E-state index is 0.153. The number of nitrogens with one attached hydrogen (secondary N) is 1. The molecule has 0 fully saturated rings. The molecule has 4 rings (SSSR count). The Morgan fingerprint density at radius 2 is 1.84 bits per heavy atom. The summed E-state index contributed by atoms with van der Waals surface area (Å²) >= 11 is 1.79. The molecule has 5 nitrogen and oxygen atoms in total. The second-order valence-electron chi connectivity index (χ2n) is 7.56. The highest BCUT2D eigenvalue weighted by molar-refractivity contribution is 7.12. The Kier molecular flexibility index (Phi) is 6.09. The molecule has 0 bridgehead atoms. The van der Waals surface area contributed by atoms with E-state index in [-0.39, 0.29) is 12.1 Å². The lowest BCUT2D eigenvalue weighted by molar-refractivity contribution is 0.0602. The zero-order valence-corrected chi connectivity index (χ0v) is 18.8. The summed E-state index contributed by atoms with van der Waals surface area (Å²) in [6.45, 7) is 4.97. The largest absolute Gasteiger partial charge is 0.465 e. The molecule has 0 saturated carbocycles. The summed E-state index contributed by atoms with van der Waals surface area (Å²) in [5.74, 6) is -0.474. The Balaban J connectivity index is 1.72. The van der Waals surface area contributed by atoms with E-state index in [1.165, 1.54) is 28.0 Å². The van der Waals surface area contributed by atoms with Crippen molar-refractivity contribution in [2.24, 2.45) is 0 Å². The SMILES string of the molecule is CCc1c(C)sc2c1CCN(C(=O)Nc1ccccc1C(=O)OC)[C@@H]2c1ccccc1. The fraction of sp³-hybridized carbons (Fsp3) is 0.280. The molecule has 2 aromatic carbocycles. The molecule has 1 aliphatic heterocycles. The van der Waals surface area contributed by atoms with Gasteiger partial charge in [0.15, 0.2) is 0 Å². The third kappa shape index (κ3) is 3.95. The Labute approximate surface area is 186 Å². The van der Waals surface area contributed by atoms with Gasteiger partial charge >= 0.3 is 12.0 Å². The van der Waals surface area contributed by atoms with Gasteiger partial charge in [-0.2, -0.15) is 0 Å². The molecule has 1 aromatic heterocycles. The molecule has 31 heavy (non-hydrogen) atoms. The first-order valence-corrected chi connectivity index (χ1v) is 11.3. The number of carbonyl (C=O) groups is 2. The lowest BCUT2D eigenvalue weighted by Gasteiger charge is -2.36. The lowest BCUT2D eigenvalue weighted by Crippen LogP contribution is -2.42. The minimum atomic E-state index is -0.474. The number of thiophene rings is 1. The van der Waals surface area contributed by atoms with Gasteiger partial charge in [0.2, 0.25) is 0 Å². The molecule has 3 aromatic rings. The van der Waals surface area contributed by atoms with E-state index in [9.17, 15) is 9.59 Å². The number of amides is 2. The average molecular weight is 435 g/mol. The van der Waals surface area contributed by atoms with Gasteiger partial charge in [-0.25, -0.2) is 9.59 Å². The van der Waals surface area contributed by atoms with Crippen LogP contribution in [-0.4, -0.2) is 30.6 Å². The van der Waals surface area contributed by atoms with E-state index in [1.807, 2.05) is 23.1 Å². The smallest absolute Gasteiger partial charge is 0.339 e. The summed E-state index contributed by atoms with van der Waals surface area (Å²) in [7, 11) is 1.34. The number of benzene rings is 2. The van der Waals surface area contributed by atoms with Crippen molar-refractivity contribution in [1.29, 1.82) is 0 Å². The topological polar surface area (TPSA) is 58.6 Å². The quantitative estimate of drug-likeness (QED) is 0.545. The standard InChI is InChI=1S/C25H26N2O3S/c1-4-18-16(2)31-23-19(18)14-15-27(22(23)17-10-6-5-7-11-17)25(29)26-21-13-9-8-12-20(21)24(28)30-3/h5-13,22H,4,14-15H2,1-3H3,(H,26,29)/t22-/m1/s1. The van der Waals surface area contributed by atoms with E-state index in [2.05, 4.69) is 31.3 Å². The number of para-hydroxylation sites is 1. The average Bonchev–Trinajstić information content (AvgIpc) is 3.13. The van der Waals surface area contributed by atoms with Crippen LogP contribution in [0, 0.1) is 6.92 Å². The van der Waals surface area contributed by atoms with Crippen LogP contribution in [0.5, 0.6) is 0 Å². The Morgan fingerprint density at radius 3 is 2.55 bits per heavy atom. The fourth-order valence-electron chi connectivity index (χ4n) is 4.36. The lowest BCUT2D eigenvalue weighted by atomic mass is 9.92. The molecule has 0 spiro atoms. The molecule has 1 aliphatic rings. The number of nitrogens with zero attached hydrogens (tertiary/aromatic N) is 1. The van der Waals surface area contributed by atoms with E-state index < -0.39 is 5.97 Å². The third-order valence-electron chi connectivity index (χ3n) is 5.82. The van der Waals surface area contributed by atoms with Crippen LogP contribution in [0.25, 0.3) is 0 Å². The number of carbonyl (C=O) groups excluding carboxylic acids is 2. The maximum absolute atomic E-state index is 13.5. The van der Waals surface area contributed by atoms with Gasteiger partial charge in [-0.3, -0.25) is 0 Å². The van der Waals surface area contributed by atoms with Crippen LogP contribution in [0.2, 0.25) is 0 Å². The van der Waals surface area contributed by atoms with E-state index in [4.69, 9.17) is 4.74 Å². The molecule has 2 heterocycles. The summed E-state index contributed by atoms with van der Waals surface area (Å²) in [6, 6.07) is 16.7. The van der Waals surface area contributed by atoms with Gasteiger partial charge in [0.05, 0.1) is 24.4 Å². The normalized spacial score (nSPS) is 15.3. The van der Waals surface area contributed by atoms with Crippen molar-refractivity contribution in [3.8, 4) is 0 Å². The first-order valence-electron chi connectivity index (χ1n) is 10.5. The molecule has 6 heteroatoms. The summed E-state index contributed by atoms with van der Waals surface area (Å²) < 4.78 is 4.87. The monoisotopic (exact) mass is 434 g/mol. The van der Waals surface area contributed by atoms with Gasteiger partial charge in [0.1, 0.15) is 0 Å². The van der Waals surface area contributed by atoms with E-state index >= 15 is 0 Å². The fourth-order valence-corrected chi connectivity index (χ4v) is 5.81. The van der Waals surface area contributed by atoms with Crippen molar-refractivity contribution < 1.29 is 14.3 Å². The highest BCUT2D eigenvalue weighted by Crippen LogP contribution is 2.43. The molecular weight excluding hydrogens is 408 g/mol. The molecule has 0 saturated heterocycles. The van der Waals surface area contributed by atoms with E-state index in [0.717, 1.165) is 18.4 Å². The van der Waals surface area contributed by atoms with Gasteiger partial charge in [-0.1, -0.05) is 49.4 Å². The van der Waals surface area contributed by atoms with Crippen LogP contribution in [0.3, 0.4) is 0 Å². The van der Waals surface area contributed by atoms with Crippen LogP contribution < -0.4 is 5.32 Å². The number of ether oxygens (including phenoxy) is 1. The molecule has 160 valence electrons. The predicted molar refractivity (Wildman–Crippen MR) is 124 cm³/mol. The van der Waals surface area contributed by atoms with Crippen LogP contribution in [0.15, 0.2) is 54.6 Å². The summed E-state index contributed by atoms with van der Waals surface area (Å²) in [4.78, 5) is 30.0. The number of methoxy groups -OCH3 is 1. The van der Waals surface area contributed by atoms with Crippen molar-refractivity contribution in [2.75, 3.05) is 19.0 Å². The number of urea groups is 1. The molecule has 0 unspecified atom stereocenters. The number of anilines is 1. The van der Waals surface area contributed by atoms with E-state index in [0.29, 0.717) is 17.8 Å². The van der Waals surface area contributed by atoms with Gasteiger partial charge in [0.25, 0.3) is 0 Å². The maximum atomic E-state index is 13.5. The number of esters is 1. The summed E-state index contributed by atoms with van der Waals surface area (Å²) in [6.07, 6.45) is 1.83. The number of hydrogen-bond donors (Lipinski definition) is 1. The van der Waals surface area contributed by atoms with Crippen LogP contribution in [-0.2, 0) is 17.6 Å². The van der Waals surface area contributed by atoms with Crippen LogP contribution in [0.1, 0.15) is 49.8 Å². The second kappa shape index (κ2) is 8.94. The Morgan fingerprint density at radius 1 is 1.13 bits per heavy atom. The highest BCUT2D eigenvalue weighted by Gasteiger charge is 2.35. The van der Waals surface area contributed by atoms with Gasteiger partial charge in [-0.15, -0.1) is 11.3 Å². The van der Waals surface area contributed by atoms with Gasteiger partial charge in [0, 0.05) is 16.3 Å². The number of fused-ring (bicyclic) bond motifs is 1. The summed E-state index contributed by atoms with van der Waals surface area (Å²) in [5.41, 5.74) is 4.68. The molecule has 2 amide bonds. The van der Waals surface area contributed by atoms with Gasteiger partial charge < -0.3 is 15.0 Å². The first kappa shape index (κ1) is 21.1. The predicted octanol–water partition coefficient (Wildman–Crippen LogP) is 5.59. The van der Waals surface area contributed by atoms with Crippen molar-refractivity contribution >= 4 is 29.0 Å². The number of rotatable bonds is 4. The summed E-state index contributed by atoms with van der Waals surface area (Å²) in [5, 5.41) is 2.95. The van der Waals surface area contributed by atoms with E-state index in [1.54, 1.807) is 35.6 Å². The van der Waals surface area contributed by atoms with Gasteiger partial charge in [-0.05, 0) is 48.6 Å². The third-order valence-corrected chi connectivity index (χ3v) is 7.06. The van der Waals surface area contributed by atoms with Crippen molar-refractivity contribution in [3.05, 3.63) is 86.6 Å². The van der Waals surface area contributed by atoms with Crippen molar-refractivity contribution in [1.82, 2.24) is 4.90 Å². The highest BCUT2D eigenvalue weighted by atomic mass is 32.1. The first-order chi connectivity index (χ1) is 15.0. The molecular formula is C25H26N2O3S.